The highest BCUT2D eigenvalue weighted by Gasteiger charge is 2.02. The van der Waals surface area contributed by atoms with Crippen LogP contribution in [0.25, 0.3) is 0 Å². The fourth-order valence-corrected chi connectivity index (χ4v) is 1.94. The average molecular weight is 443 g/mol. The van der Waals surface area contributed by atoms with Gasteiger partial charge in [0.2, 0.25) is 0 Å². The molecular formula is C12H14BrClIN3. The first-order valence-corrected chi connectivity index (χ1v) is 6.16. The van der Waals surface area contributed by atoms with Crippen molar-refractivity contribution in [2.24, 2.45) is 4.99 Å². The highest BCUT2D eigenvalue weighted by Crippen LogP contribution is 2.20. The van der Waals surface area contributed by atoms with E-state index in [-0.39, 0.29) is 24.0 Å². The Bertz CT molecular complexity index is 457. The summed E-state index contributed by atoms with van der Waals surface area (Å²) in [5.41, 5.74) is 0.999. The van der Waals surface area contributed by atoms with Gasteiger partial charge in [-0.25, -0.2) is 0 Å². The van der Waals surface area contributed by atoms with E-state index in [4.69, 9.17) is 18.0 Å². The van der Waals surface area contributed by atoms with Gasteiger partial charge in [0.15, 0.2) is 5.96 Å². The Morgan fingerprint density at radius 1 is 1.50 bits per heavy atom. The van der Waals surface area contributed by atoms with Gasteiger partial charge < -0.3 is 10.6 Å². The predicted molar refractivity (Wildman–Crippen MR) is 91.6 cm³/mol. The van der Waals surface area contributed by atoms with Crippen LogP contribution < -0.4 is 10.6 Å². The second-order valence-electron chi connectivity index (χ2n) is 3.22. The topological polar surface area (TPSA) is 36.4 Å². The van der Waals surface area contributed by atoms with Gasteiger partial charge in [-0.1, -0.05) is 39.5 Å². The number of halogens is 3. The lowest BCUT2D eigenvalue weighted by molar-refractivity contribution is 0.851. The molecule has 0 heterocycles. The maximum atomic E-state index is 6.10. The monoisotopic (exact) mass is 441 g/mol. The van der Waals surface area contributed by atoms with Crippen LogP contribution in [0, 0.1) is 12.3 Å². The standard InChI is InChI=1S/C12H13BrClN3.HI/c1-3-6-16-12(15-2)17-8-9-4-5-10(13)7-11(9)14;/h1,4-5,7H,6,8H2,2H3,(H2,15,16,17);1H. The lowest BCUT2D eigenvalue weighted by Crippen LogP contribution is -2.36. The summed E-state index contributed by atoms with van der Waals surface area (Å²) >= 11 is 9.46. The fraction of sp³-hybridized carbons (Fsp3) is 0.250. The molecule has 1 rings (SSSR count). The Morgan fingerprint density at radius 2 is 2.22 bits per heavy atom. The van der Waals surface area contributed by atoms with Crippen LogP contribution >= 0.6 is 51.5 Å². The van der Waals surface area contributed by atoms with E-state index in [9.17, 15) is 0 Å². The number of nitrogens with zero attached hydrogens (tertiary/aromatic N) is 1. The van der Waals surface area contributed by atoms with Gasteiger partial charge in [0.05, 0.1) is 6.54 Å². The number of terminal acetylenes is 1. The number of nitrogens with one attached hydrogen (secondary N) is 2. The maximum Gasteiger partial charge on any atom is 0.192 e. The van der Waals surface area contributed by atoms with E-state index in [1.54, 1.807) is 7.05 Å². The van der Waals surface area contributed by atoms with Gasteiger partial charge in [0.25, 0.3) is 0 Å². The van der Waals surface area contributed by atoms with Gasteiger partial charge in [-0.15, -0.1) is 30.4 Å². The molecule has 0 bridgehead atoms. The molecule has 0 fully saturated rings. The van der Waals surface area contributed by atoms with E-state index in [0.29, 0.717) is 24.1 Å². The van der Waals surface area contributed by atoms with Crippen molar-refractivity contribution >= 4 is 57.5 Å². The molecule has 0 saturated carbocycles. The van der Waals surface area contributed by atoms with E-state index in [1.807, 2.05) is 18.2 Å². The molecule has 6 heteroatoms. The Morgan fingerprint density at radius 3 is 2.78 bits per heavy atom. The zero-order valence-electron chi connectivity index (χ0n) is 9.84. The summed E-state index contributed by atoms with van der Waals surface area (Å²) in [5, 5.41) is 6.80. The molecule has 2 N–H and O–H groups in total. The van der Waals surface area contributed by atoms with Gasteiger partial charge in [-0.2, -0.15) is 0 Å². The minimum Gasteiger partial charge on any atom is -0.352 e. The minimum absolute atomic E-state index is 0. The third-order valence-electron chi connectivity index (χ3n) is 2.04. The molecule has 0 radical (unpaired) electrons. The van der Waals surface area contributed by atoms with Crippen LogP contribution in [0.5, 0.6) is 0 Å². The molecule has 18 heavy (non-hydrogen) atoms. The van der Waals surface area contributed by atoms with Crippen LogP contribution in [-0.4, -0.2) is 19.6 Å². The molecule has 0 aromatic heterocycles. The number of rotatable bonds is 3. The van der Waals surface area contributed by atoms with E-state index in [0.717, 1.165) is 10.0 Å². The van der Waals surface area contributed by atoms with Gasteiger partial charge in [-0.05, 0) is 17.7 Å². The Balaban J connectivity index is 0.00000289. The molecule has 0 spiro atoms. The molecule has 0 amide bonds. The Labute approximate surface area is 138 Å². The lowest BCUT2D eigenvalue weighted by Gasteiger charge is -2.11. The van der Waals surface area contributed by atoms with Crippen LogP contribution in [0.2, 0.25) is 5.02 Å². The van der Waals surface area contributed by atoms with Crippen molar-refractivity contribution in [1.29, 1.82) is 0 Å². The van der Waals surface area contributed by atoms with Crippen molar-refractivity contribution in [3.8, 4) is 12.3 Å². The normalized spacial score (nSPS) is 10.2. The summed E-state index contributed by atoms with van der Waals surface area (Å²) in [4.78, 5) is 4.03. The largest absolute Gasteiger partial charge is 0.352 e. The van der Waals surface area contributed by atoms with E-state index >= 15 is 0 Å². The van der Waals surface area contributed by atoms with Gasteiger partial charge in [0.1, 0.15) is 0 Å². The van der Waals surface area contributed by atoms with Crippen molar-refractivity contribution in [1.82, 2.24) is 10.6 Å². The van der Waals surface area contributed by atoms with Crippen LogP contribution in [0.3, 0.4) is 0 Å². The van der Waals surface area contributed by atoms with Crippen molar-refractivity contribution in [3.63, 3.8) is 0 Å². The fourth-order valence-electron chi connectivity index (χ4n) is 1.20. The molecule has 1 aromatic rings. The smallest absolute Gasteiger partial charge is 0.192 e. The molecule has 1 aromatic carbocycles. The zero-order chi connectivity index (χ0) is 12.7. The number of hydrogen-bond donors (Lipinski definition) is 2. The van der Waals surface area contributed by atoms with Gasteiger partial charge >= 0.3 is 0 Å². The molecule has 0 atom stereocenters. The SMILES string of the molecule is C#CCNC(=NC)NCc1ccc(Br)cc1Cl.I. The summed E-state index contributed by atoms with van der Waals surface area (Å²) in [7, 11) is 1.69. The summed E-state index contributed by atoms with van der Waals surface area (Å²) in [6, 6.07) is 5.75. The predicted octanol–water partition coefficient (Wildman–Crippen LogP) is 3.02. The van der Waals surface area contributed by atoms with Crippen molar-refractivity contribution < 1.29 is 0 Å². The summed E-state index contributed by atoms with van der Waals surface area (Å²) < 4.78 is 0.959. The second kappa shape index (κ2) is 9.48. The molecule has 0 aliphatic heterocycles. The lowest BCUT2D eigenvalue weighted by atomic mass is 10.2. The quantitative estimate of drug-likeness (QED) is 0.327. The second-order valence-corrected chi connectivity index (χ2v) is 4.54. The van der Waals surface area contributed by atoms with Gasteiger partial charge in [-0.3, -0.25) is 4.99 Å². The van der Waals surface area contributed by atoms with Crippen molar-refractivity contribution in [2.45, 2.75) is 6.54 Å². The number of hydrogen-bond acceptors (Lipinski definition) is 1. The van der Waals surface area contributed by atoms with Crippen LogP contribution in [0.15, 0.2) is 27.7 Å². The highest BCUT2D eigenvalue weighted by atomic mass is 127. The number of aliphatic imine (C=N–C) groups is 1. The summed E-state index contributed by atoms with van der Waals surface area (Å²) in [5.74, 6) is 3.14. The van der Waals surface area contributed by atoms with Gasteiger partial charge in [0, 0.05) is 23.1 Å². The van der Waals surface area contributed by atoms with E-state index in [2.05, 4.69) is 37.5 Å². The molecule has 3 nitrogen and oxygen atoms in total. The van der Waals surface area contributed by atoms with E-state index in [1.165, 1.54) is 0 Å². The Kier molecular flexibility index (Phi) is 9.24. The first-order valence-electron chi connectivity index (χ1n) is 4.99. The van der Waals surface area contributed by atoms with Crippen LogP contribution in [0.1, 0.15) is 5.56 Å². The van der Waals surface area contributed by atoms with E-state index < -0.39 is 0 Å². The third kappa shape index (κ3) is 5.94. The Hall–Kier alpha value is -0.450. The minimum atomic E-state index is 0. The molecular weight excluding hydrogens is 428 g/mol. The number of benzene rings is 1. The first-order chi connectivity index (χ1) is 8.17. The maximum absolute atomic E-state index is 6.10. The molecule has 0 aliphatic rings. The van der Waals surface area contributed by atoms with Crippen molar-refractivity contribution in [2.75, 3.05) is 13.6 Å². The molecule has 98 valence electrons. The van der Waals surface area contributed by atoms with Crippen molar-refractivity contribution in [3.05, 3.63) is 33.3 Å². The molecule has 0 saturated heterocycles. The summed E-state index contributed by atoms with van der Waals surface area (Å²) in [6.45, 7) is 1.03. The molecule has 0 unspecified atom stereocenters. The molecule has 0 aliphatic carbocycles. The third-order valence-corrected chi connectivity index (χ3v) is 2.89. The van der Waals surface area contributed by atoms with Crippen LogP contribution in [0.4, 0.5) is 0 Å². The average Bonchev–Trinajstić information content (AvgIpc) is 2.31. The first kappa shape index (κ1) is 17.6. The zero-order valence-corrected chi connectivity index (χ0v) is 14.5. The van der Waals surface area contributed by atoms with Crippen LogP contribution in [-0.2, 0) is 6.54 Å². The number of guanidine groups is 1. The summed E-state index contributed by atoms with van der Waals surface area (Å²) in [6.07, 6.45) is 5.16. The highest BCUT2D eigenvalue weighted by molar-refractivity contribution is 14.0.